The summed E-state index contributed by atoms with van der Waals surface area (Å²) in [4.78, 5) is 4.55. The molecule has 0 fully saturated rings. The van der Waals surface area contributed by atoms with Crippen LogP contribution in [0.1, 0.15) is 5.56 Å². The molecule has 0 atom stereocenters. The van der Waals surface area contributed by atoms with Crippen molar-refractivity contribution in [3.63, 3.8) is 0 Å². The molecule has 3 aromatic rings. The van der Waals surface area contributed by atoms with Crippen molar-refractivity contribution in [2.24, 2.45) is 0 Å². The van der Waals surface area contributed by atoms with Crippen LogP contribution in [0, 0.1) is 6.92 Å². The van der Waals surface area contributed by atoms with E-state index in [0.717, 1.165) is 16.8 Å². The number of nitrogens with zero attached hydrogens (tertiary/aromatic N) is 1. The van der Waals surface area contributed by atoms with Gasteiger partial charge in [-0.15, -0.1) is 0 Å². The summed E-state index contributed by atoms with van der Waals surface area (Å²) in [5, 5.41) is 0. The predicted octanol–water partition coefficient (Wildman–Crippen LogP) is 4.72. The molecule has 0 saturated heterocycles. The van der Waals surface area contributed by atoms with Crippen LogP contribution in [0.4, 0.5) is 0 Å². The molecule has 0 N–H and O–H groups in total. The van der Waals surface area contributed by atoms with E-state index in [2.05, 4.69) is 60.4 Å². The van der Waals surface area contributed by atoms with Crippen molar-refractivity contribution in [2.45, 2.75) is 6.92 Å². The average Bonchev–Trinajstić information content (AvgIpc) is 2.48. The summed E-state index contributed by atoms with van der Waals surface area (Å²) >= 11 is 0. The van der Waals surface area contributed by atoms with Gasteiger partial charge in [-0.25, -0.2) is 0 Å². The van der Waals surface area contributed by atoms with E-state index in [1.807, 2.05) is 24.4 Å². The lowest BCUT2D eigenvalue weighted by molar-refractivity contribution is 1.32. The van der Waals surface area contributed by atoms with Gasteiger partial charge in [0.05, 0.1) is 5.69 Å². The van der Waals surface area contributed by atoms with Crippen molar-refractivity contribution in [3.05, 3.63) is 78.5 Å². The van der Waals surface area contributed by atoms with Gasteiger partial charge in [-0.3, -0.25) is 4.98 Å². The van der Waals surface area contributed by atoms with Crippen LogP contribution in [-0.2, 0) is 0 Å². The zero-order chi connectivity index (χ0) is 13.1. The van der Waals surface area contributed by atoms with Gasteiger partial charge in [-0.05, 0) is 18.6 Å². The molecule has 0 amide bonds. The van der Waals surface area contributed by atoms with Crippen molar-refractivity contribution in [1.29, 1.82) is 0 Å². The van der Waals surface area contributed by atoms with Gasteiger partial charge in [0, 0.05) is 17.3 Å². The molecule has 0 aliphatic rings. The molecule has 1 heterocycles. The first-order valence-electron chi connectivity index (χ1n) is 6.41. The minimum Gasteiger partial charge on any atom is -0.256 e. The standard InChI is InChI=1S/C18H15N/c1-14-6-5-9-16(12-14)17-10-11-18(19-13-17)15-7-3-2-4-8-15/h2-13H,1H3. The normalized spacial score (nSPS) is 10.4. The Morgan fingerprint density at radius 1 is 0.684 bits per heavy atom. The van der Waals surface area contributed by atoms with E-state index >= 15 is 0 Å². The molecule has 3 rings (SSSR count). The predicted molar refractivity (Wildman–Crippen MR) is 79.8 cm³/mol. The first kappa shape index (κ1) is 11.7. The number of aryl methyl sites for hydroxylation is 1. The summed E-state index contributed by atoms with van der Waals surface area (Å²) in [5.41, 5.74) is 5.80. The van der Waals surface area contributed by atoms with E-state index in [9.17, 15) is 0 Å². The van der Waals surface area contributed by atoms with Gasteiger partial charge in [0.15, 0.2) is 0 Å². The van der Waals surface area contributed by atoms with Crippen molar-refractivity contribution in [1.82, 2.24) is 4.98 Å². The average molecular weight is 245 g/mol. The Balaban J connectivity index is 1.95. The lowest BCUT2D eigenvalue weighted by Gasteiger charge is -2.05. The highest BCUT2D eigenvalue weighted by atomic mass is 14.7. The Hall–Kier alpha value is -2.41. The van der Waals surface area contributed by atoms with Crippen LogP contribution in [0.3, 0.4) is 0 Å². The van der Waals surface area contributed by atoms with E-state index in [0.29, 0.717) is 0 Å². The fourth-order valence-electron chi connectivity index (χ4n) is 2.17. The van der Waals surface area contributed by atoms with Gasteiger partial charge in [0.1, 0.15) is 0 Å². The summed E-state index contributed by atoms with van der Waals surface area (Å²) in [6, 6.07) is 22.9. The number of hydrogen-bond donors (Lipinski definition) is 0. The summed E-state index contributed by atoms with van der Waals surface area (Å²) in [5.74, 6) is 0. The van der Waals surface area contributed by atoms with Crippen LogP contribution >= 0.6 is 0 Å². The molecule has 0 unspecified atom stereocenters. The van der Waals surface area contributed by atoms with Gasteiger partial charge < -0.3 is 0 Å². The van der Waals surface area contributed by atoms with Crippen molar-refractivity contribution < 1.29 is 0 Å². The van der Waals surface area contributed by atoms with E-state index in [4.69, 9.17) is 0 Å². The third kappa shape index (κ3) is 2.55. The maximum absolute atomic E-state index is 4.55. The molecular formula is C18H15N. The van der Waals surface area contributed by atoms with Crippen LogP contribution in [0.5, 0.6) is 0 Å². The van der Waals surface area contributed by atoms with E-state index in [-0.39, 0.29) is 0 Å². The highest BCUT2D eigenvalue weighted by Gasteiger charge is 2.01. The van der Waals surface area contributed by atoms with E-state index < -0.39 is 0 Å². The van der Waals surface area contributed by atoms with Crippen LogP contribution < -0.4 is 0 Å². The van der Waals surface area contributed by atoms with Crippen LogP contribution in [0.25, 0.3) is 22.4 Å². The molecule has 19 heavy (non-hydrogen) atoms. The van der Waals surface area contributed by atoms with E-state index in [1.165, 1.54) is 11.1 Å². The number of hydrogen-bond acceptors (Lipinski definition) is 1. The third-order valence-corrected chi connectivity index (χ3v) is 3.18. The molecule has 0 spiro atoms. The molecule has 92 valence electrons. The highest BCUT2D eigenvalue weighted by Crippen LogP contribution is 2.22. The van der Waals surface area contributed by atoms with Gasteiger partial charge in [-0.2, -0.15) is 0 Å². The zero-order valence-corrected chi connectivity index (χ0v) is 10.9. The minimum atomic E-state index is 1.01. The number of rotatable bonds is 2. The maximum Gasteiger partial charge on any atom is 0.0702 e. The monoisotopic (exact) mass is 245 g/mol. The fourth-order valence-corrected chi connectivity index (χ4v) is 2.17. The smallest absolute Gasteiger partial charge is 0.0702 e. The first-order chi connectivity index (χ1) is 9.33. The number of benzene rings is 2. The molecule has 1 nitrogen and oxygen atoms in total. The van der Waals surface area contributed by atoms with Crippen molar-refractivity contribution in [3.8, 4) is 22.4 Å². The van der Waals surface area contributed by atoms with Gasteiger partial charge in [0.2, 0.25) is 0 Å². The molecule has 1 aromatic heterocycles. The fraction of sp³-hybridized carbons (Fsp3) is 0.0556. The molecule has 0 bridgehead atoms. The third-order valence-electron chi connectivity index (χ3n) is 3.18. The summed E-state index contributed by atoms with van der Waals surface area (Å²) in [6.07, 6.45) is 1.94. The lowest BCUT2D eigenvalue weighted by Crippen LogP contribution is -1.85. The van der Waals surface area contributed by atoms with Crippen LogP contribution in [0.15, 0.2) is 72.9 Å². The van der Waals surface area contributed by atoms with Crippen LogP contribution in [-0.4, -0.2) is 4.98 Å². The minimum absolute atomic E-state index is 1.01. The number of pyridine rings is 1. The Labute approximate surface area is 113 Å². The maximum atomic E-state index is 4.55. The van der Waals surface area contributed by atoms with Gasteiger partial charge >= 0.3 is 0 Å². The molecule has 0 aliphatic heterocycles. The molecule has 1 heteroatoms. The zero-order valence-electron chi connectivity index (χ0n) is 10.9. The Bertz CT molecular complexity index is 670. The Morgan fingerprint density at radius 3 is 2.16 bits per heavy atom. The Morgan fingerprint density at radius 2 is 1.47 bits per heavy atom. The largest absolute Gasteiger partial charge is 0.256 e. The second kappa shape index (κ2) is 5.07. The molecule has 0 radical (unpaired) electrons. The summed E-state index contributed by atoms with van der Waals surface area (Å²) in [6.45, 7) is 2.11. The van der Waals surface area contributed by atoms with Crippen molar-refractivity contribution >= 4 is 0 Å². The second-order valence-electron chi connectivity index (χ2n) is 4.67. The SMILES string of the molecule is Cc1cccc(-c2ccc(-c3ccccc3)nc2)c1. The van der Waals surface area contributed by atoms with Gasteiger partial charge in [0.25, 0.3) is 0 Å². The molecule has 0 aliphatic carbocycles. The summed E-state index contributed by atoms with van der Waals surface area (Å²) < 4.78 is 0. The lowest BCUT2D eigenvalue weighted by atomic mass is 10.0. The number of aromatic nitrogens is 1. The highest BCUT2D eigenvalue weighted by molar-refractivity contribution is 5.67. The topological polar surface area (TPSA) is 12.9 Å². The van der Waals surface area contributed by atoms with Crippen molar-refractivity contribution in [2.75, 3.05) is 0 Å². The first-order valence-corrected chi connectivity index (χ1v) is 6.41. The summed E-state index contributed by atoms with van der Waals surface area (Å²) in [7, 11) is 0. The second-order valence-corrected chi connectivity index (χ2v) is 4.67. The van der Waals surface area contributed by atoms with E-state index in [1.54, 1.807) is 0 Å². The Kier molecular flexibility index (Phi) is 3.11. The quantitative estimate of drug-likeness (QED) is 0.636. The molecular weight excluding hydrogens is 230 g/mol. The van der Waals surface area contributed by atoms with Gasteiger partial charge in [-0.1, -0.05) is 66.2 Å². The molecule has 0 saturated carbocycles. The van der Waals surface area contributed by atoms with Crippen LogP contribution in [0.2, 0.25) is 0 Å². The molecule has 2 aromatic carbocycles.